The van der Waals surface area contributed by atoms with Gasteiger partial charge in [-0.1, -0.05) is 11.6 Å². The monoisotopic (exact) mass is 522 g/mol. The second kappa shape index (κ2) is 9.86. The van der Waals surface area contributed by atoms with Crippen LogP contribution in [0.2, 0.25) is 5.02 Å². The maximum absolute atomic E-state index is 13.1. The van der Waals surface area contributed by atoms with Crippen LogP contribution < -0.4 is 5.32 Å². The van der Waals surface area contributed by atoms with Crippen LogP contribution in [0.1, 0.15) is 50.9 Å². The van der Waals surface area contributed by atoms with E-state index in [9.17, 15) is 22.8 Å². The number of halogens is 4. The minimum absolute atomic E-state index is 0.0329. The number of rotatable bonds is 6. The lowest BCUT2D eigenvalue weighted by atomic mass is 10.1. The number of ether oxygens (including phenoxy) is 1. The number of alkyl halides is 3. The Morgan fingerprint density at radius 1 is 1.19 bits per heavy atom. The van der Waals surface area contributed by atoms with Crippen LogP contribution in [-0.2, 0) is 10.9 Å². The summed E-state index contributed by atoms with van der Waals surface area (Å²) in [4.78, 5) is 35.6. The zero-order valence-electron chi connectivity index (χ0n) is 19.5. The fraction of sp³-hybridized carbons (Fsp3) is 0.348. The number of benzene rings is 1. The predicted octanol–water partition coefficient (Wildman–Crippen LogP) is 3.60. The van der Waals surface area contributed by atoms with Crippen molar-refractivity contribution >= 4 is 23.4 Å². The molecule has 1 fully saturated rings. The molecule has 0 bridgehead atoms. The van der Waals surface area contributed by atoms with Crippen molar-refractivity contribution in [3.8, 4) is 5.82 Å². The first-order valence-electron chi connectivity index (χ1n) is 10.9. The number of amides is 2. The van der Waals surface area contributed by atoms with E-state index in [0.717, 1.165) is 18.2 Å². The molecule has 0 saturated carbocycles. The molecule has 3 heterocycles. The molecule has 1 saturated heterocycles. The average Bonchev–Trinajstić information content (AvgIpc) is 3.19. The highest BCUT2D eigenvalue weighted by molar-refractivity contribution is 6.31. The highest BCUT2D eigenvalue weighted by Gasteiger charge is 2.33. The van der Waals surface area contributed by atoms with Gasteiger partial charge in [-0.25, -0.2) is 9.97 Å². The Bertz CT molecular complexity index is 1290. The number of carbonyl (C=O) groups is 2. The summed E-state index contributed by atoms with van der Waals surface area (Å²) < 4.78 is 45.9. The van der Waals surface area contributed by atoms with Crippen molar-refractivity contribution in [3.05, 3.63) is 69.9 Å². The molecule has 13 heteroatoms. The molecule has 0 spiro atoms. The number of hydrogen-bond donors (Lipinski definition) is 1. The van der Waals surface area contributed by atoms with Crippen LogP contribution >= 0.6 is 11.6 Å². The van der Waals surface area contributed by atoms with Gasteiger partial charge in [0.15, 0.2) is 11.6 Å². The topological polar surface area (TPSA) is 102 Å². The number of hydrogen-bond acceptors (Lipinski definition) is 6. The minimum Gasteiger partial charge on any atom is -0.378 e. The summed E-state index contributed by atoms with van der Waals surface area (Å²) in [6.07, 6.45) is -3.19. The molecule has 1 N–H and O–H groups in total. The molecule has 1 atom stereocenters. The van der Waals surface area contributed by atoms with Crippen LogP contribution in [0.4, 0.5) is 13.2 Å². The van der Waals surface area contributed by atoms with E-state index < -0.39 is 23.7 Å². The Kier molecular flexibility index (Phi) is 7.01. The molecular weight excluding hydrogens is 501 g/mol. The first-order chi connectivity index (χ1) is 17.0. The van der Waals surface area contributed by atoms with Crippen LogP contribution in [0.15, 0.2) is 36.5 Å². The van der Waals surface area contributed by atoms with Gasteiger partial charge in [0.25, 0.3) is 11.8 Å². The smallest absolute Gasteiger partial charge is 0.378 e. The van der Waals surface area contributed by atoms with Gasteiger partial charge in [0.1, 0.15) is 5.82 Å². The average molecular weight is 523 g/mol. The highest BCUT2D eigenvalue weighted by Crippen LogP contribution is 2.32. The van der Waals surface area contributed by atoms with Gasteiger partial charge in [0, 0.05) is 37.0 Å². The van der Waals surface area contributed by atoms with Crippen molar-refractivity contribution in [1.82, 2.24) is 30.0 Å². The Hall–Kier alpha value is -3.51. The van der Waals surface area contributed by atoms with Gasteiger partial charge in [-0.2, -0.15) is 17.9 Å². The van der Waals surface area contributed by atoms with Gasteiger partial charge in [0.05, 0.1) is 23.3 Å². The van der Waals surface area contributed by atoms with Crippen molar-refractivity contribution in [1.29, 1.82) is 0 Å². The van der Waals surface area contributed by atoms with E-state index in [-0.39, 0.29) is 22.6 Å². The third kappa shape index (κ3) is 5.34. The molecule has 36 heavy (non-hydrogen) atoms. The molecule has 1 aliphatic rings. The minimum atomic E-state index is -4.65. The van der Waals surface area contributed by atoms with Crippen LogP contribution in [0.25, 0.3) is 5.82 Å². The van der Waals surface area contributed by atoms with Gasteiger partial charge in [-0.3, -0.25) is 9.59 Å². The number of nitrogens with zero attached hydrogens (tertiary/aromatic N) is 5. The van der Waals surface area contributed by atoms with E-state index in [4.69, 9.17) is 16.3 Å². The first-order valence-corrected chi connectivity index (χ1v) is 11.2. The van der Waals surface area contributed by atoms with Gasteiger partial charge < -0.3 is 15.0 Å². The third-order valence-electron chi connectivity index (χ3n) is 5.64. The molecule has 9 nitrogen and oxygen atoms in total. The first kappa shape index (κ1) is 25.6. The number of likely N-dealkylation sites (tertiary alicyclic amines) is 1. The molecule has 0 radical (unpaired) electrons. The van der Waals surface area contributed by atoms with Crippen molar-refractivity contribution in [3.63, 3.8) is 0 Å². The fourth-order valence-electron chi connectivity index (χ4n) is 3.68. The molecule has 4 rings (SSSR count). The van der Waals surface area contributed by atoms with Crippen LogP contribution in [0.5, 0.6) is 0 Å². The zero-order chi connectivity index (χ0) is 26.2. The zero-order valence-corrected chi connectivity index (χ0v) is 20.3. The molecular formula is C23H22ClF3N6O3. The molecule has 2 aromatic heterocycles. The molecule has 2 amide bonds. The largest absolute Gasteiger partial charge is 0.416 e. The van der Waals surface area contributed by atoms with Crippen molar-refractivity contribution in [2.75, 3.05) is 20.2 Å². The summed E-state index contributed by atoms with van der Waals surface area (Å²) in [6, 6.07) is 5.09. The van der Waals surface area contributed by atoms with Gasteiger partial charge in [0.2, 0.25) is 0 Å². The Balaban J connectivity index is 1.52. The summed E-state index contributed by atoms with van der Waals surface area (Å²) >= 11 is 5.80. The maximum Gasteiger partial charge on any atom is 0.416 e. The lowest BCUT2D eigenvalue weighted by molar-refractivity contribution is -0.137. The van der Waals surface area contributed by atoms with E-state index in [2.05, 4.69) is 20.4 Å². The fourth-order valence-corrected chi connectivity index (χ4v) is 3.92. The number of aromatic nitrogens is 4. The summed E-state index contributed by atoms with van der Waals surface area (Å²) in [5.41, 5.74) is -0.872. The molecule has 3 aromatic rings. The second-order valence-electron chi connectivity index (χ2n) is 8.32. The molecule has 0 aliphatic carbocycles. The molecule has 1 aliphatic heterocycles. The number of carbonyl (C=O) groups excluding carboxylic acids is 2. The Morgan fingerprint density at radius 2 is 1.92 bits per heavy atom. The van der Waals surface area contributed by atoms with E-state index in [1.807, 2.05) is 0 Å². The van der Waals surface area contributed by atoms with Gasteiger partial charge in [-0.05, 0) is 44.2 Å². The second-order valence-corrected chi connectivity index (χ2v) is 8.76. The summed E-state index contributed by atoms with van der Waals surface area (Å²) in [7, 11) is 1.60. The van der Waals surface area contributed by atoms with E-state index in [1.54, 1.807) is 38.0 Å². The standard InChI is InChI=1S/C23H22ClF3N6O3/c1-12(29-21(34)15-6-16(23(25,26)27)8-17(24)7-15)20-30-13(2)31-33(20)19-5-4-14(9-28-19)22(35)32-10-18(11-32)36-3/h4-9,12,18H,10-11H2,1-3H3,(H,29,34)/t12-/m0/s1. The lowest BCUT2D eigenvalue weighted by Crippen LogP contribution is -2.54. The molecule has 190 valence electrons. The van der Waals surface area contributed by atoms with Crippen LogP contribution in [-0.4, -0.2) is 62.8 Å². The van der Waals surface area contributed by atoms with Crippen molar-refractivity contribution in [2.45, 2.75) is 32.2 Å². The highest BCUT2D eigenvalue weighted by atomic mass is 35.5. The van der Waals surface area contributed by atoms with Crippen LogP contribution in [0.3, 0.4) is 0 Å². The molecule has 1 aromatic carbocycles. The van der Waals surface area contributed by atoms with E-state index in [1.165, 1.54) is 10.9 Å². The number of methoxy groups -OCH3 is 1. The van der Waals surface area contributed by atoms with Gasteiger partial charge >= 0.3 is 6.18 Å². The van der Waals surface area contributed by atoms with Crippen LogP contribution in [0, 0.1) is 6.92 Å². The summed E-state index contributed by atoms with van der Waals surface area (Å²) in [5, 5.41) is 6.72. The van der Waals surface area contributed by atoms with Crippen molar-refractivity contribution in [2.24, 2.45) is 0 Å². The number of aryl methyl sites for hydroxylation is 1. The summed E-state index contributed by atoms with van der Waals surface area (Å²) in [6.45, 7) is 4.28. The predicted molar refractivity (Wildman–Crippen MR) is 123 cm³/mol. The number of pyridine rings is 1. The van der Waals surface area contributed by atoms with Gasteiger partial charge in [-0.15, -0.1) is 5.10 Å². The Morgan fingerprint density at radius 3 is 2.53 bits per heavy atom. The SMILES string of the molecule is COC1CN(C(=O)c2ccc(-n3nc(C)nc3[C@H](C)NC(=O)c3cc(Cl)cc(C(F)(F)F)c3)nc2)C1. The molecule has 0 unspecified atom stereocenters. The quantitative estimate of drug-likeness (QED) is 0.531. The summed E-state index contributed by atoms with van der Waals surface area (Å²) in [5.74, 6) is 0.111. The number of nitrogens with one attached hydrogen (secondary N) is 1. The van der Waals surface area contributed by atoms with E-state index >= 15 is 0 Å². The maximum atomic E-state index is 13.1. The van der Waals surface area contributed by atoms with E-state index in [0.29, 0.717) is 36.1 Å². The normalized spacial score (nSPS) is 14.9. The Labute approximate surface area is 209 Å². The lowest BCUT2D eigenvalue weighted by Gasteiger charge is -2.38. The third-order valence-corrected chi connectivity index (χ3v) is 5.86. The van der Waals surface area contributed by atoms with Crippen molar-refractivity contribution < 1.29 is 27.5 Å².